The van der Waals surface area contributed by atoms with E-state index in [9.17, 15) is 4.79 Å². The van der Waals surface area contributed by atoms with Crippen LogP contribution in [0.3, 0.4) is 0 Å². The van der Waals surface area contributed by atoms with Gasteiger partial charge in [0, 0.05) is 24.1 Å². The van der Waals surface area contributed by atoms with Crippen LogP contribution in [0.5, 0.6) is 11.5 Å². The summed E-state index contributed by atoms with van der Waals surface area (Å²) < 4.78 is 13.9. The highest BCUT2D eigenvalue weighted by atomic mass is 16.5. The summed E-state index contributed by atoms with van der Waals surface area (Å²) in [5, 5.41) is 4.29. The zero-order valence-corrected chi connectivity index (χ0v) is 16.4. The third-order valence-corrected chi connectivity index (χ3v) is 6.21. The average Bonchev–Trinajstić information content (AvgIpc) is 3.35. The molecule has 2 saturated heterocycles. The lowest BCUT2D eigenvalue weighted by molar-refractivity contribution is -0.138. The molecule has 5 rings (SSSR count). The van der Waals surface area contributed by atoms with Crippen molar-refractivity contribution in [3.05, 3.63) is 36.4 Å². The number of carbonyl (C=O) groups is 1. The number of piperidine rings is 1. The lowest BCUT2D eigenvalue weighted by atomic mass is 9.97. The molecule has 28 heavy (non-hydrogen) atoms. The van der Waals surface area contributed by atoms with E-state index in [0.29, 0.717) is 11.8 Å². The number of hydrogen-bond donors (Lipinski definition) is 0. The molecular weight excluding hydrogens is 356 g/mol. The van der Waals surface area contributed by atoms with Crippen molar-refractivity contribution in [3.63, 3.8) is 0 Å². The lowest BCUT2D eigenvalue weighted by Gasteiger charge is -2.38. The number of ether oxygens (including phenoxy) is 2. The second-order valence-electron chi connectivity index (χ2n) is 8.76. The van der Waals surface area contributed by atoms with Crippen molar-refractivity contribution >= 4 is 5.91 Å². The molecular formula is C21H26N4O3. The number of amides is 1. The molecule has 1 aromatic carbocycles. The van der Waals surface area contributed by atoms with Crippen molar-refractivity contribution in [2.45, 2.75) is 69.7 Å². The van der Waals surface area contributed by atoms with E-state index in [0.717, 1.165) is 43.4 Å². The van der Waals surface area contributed by atoms with Gasteiger partial charge in [0.1, 0.15) is 18.3 Å². The maximum atomic E-state index is 13.0. The molecule has 0 aliphatic carbocycles. The van der Waals surface area contributed by atoms with E-state index in [1.54, 1.807) is 12.7 Å². The Balaban J connectivity index is 1.25. The summed E-state index contributed by atoms with van der Waals surface area (Å²) in [6, 6.07) is 6.78. The molecule has 3 aliphatic rings. The predicted octanol–water partition coefficient (Wildman–Crippen LogP) is 2.77. The molecule has 2 aromatic rings. The Bertz CT molecular complexity index is 866. The number of rotatable bonds is 4. The highest BCUT2D eigenvalue weighted by Crippen LogP contribution is 2.43. The molecule has 2 unspecified atom stereocenters. The van der Waals surface area contributed by atoms with Gasteiger partial charge in [0.05, 0.1) is 6.04 Å². The minimum atomic E-state index is -0.228. The molecule has 7 nitrogen and oxygen atoms in total. The molecule has 4 heterocycles. The first-order valence-corrected chi connectivity index (χ1v) is 10.1. The van der Waals surface area contributed by atoms with Gasteiger partial charge in [-0.1, -0.05) is 12.1 Å². The Morgan fingerprint density at radius 1 is 1.25 bits per heavy atom. The predicted molar refractivity (Wildman–Crippen MR) is 102 cm³/mol. The van der Waals surface area contributed by atoms with Crippen molar-refractivity contribution in [3.8, 4) is 11.5 Å². The third kappa shape index (κ3) is 3.02. The summed E-state index contributed by atoms with van der Waals surface area (Å²) in [6.07, 6.45) is 8.19. The first-order valence-electron chi connectivity index (χ1n) is 10.1. The molecule has 2 fully saturated rings. The summed E-state index contributed by atoms with van der Waals surface area (Å²) in [7, 11) is 0. The number of nitrogens with zero attached hydrogens (tertiary/aromatic N) is 4. The highest BCUT2D eigenvalue weighted by molar-refractivity contribution is 5.79. The van der Waals surface area contributed by atoms with E-state index in [1.807, 2.05) is 16.8 Å². The van der Waals surface area contributed by atoms with Crippen LogP contribution < -0.4 is 9.47 Å². The number of para-hydroxylation sites is 1. The smallest absolute Gasteiger partial charge is 0.261 e. The van der Waals surface area contributed by atoms with Crippen molar-refractivity contribution < 1.29 is 14.3 Å². The third-order valence-electron chi connectivity index (χ3n) is 6.21. The summed E-state index contributed by atoms with van der Waals surface area (Å²) in [5.74, 6) is 1.52. The van der Waals surface area contributed by atoms with Gasteiger partial charge in [-0.05, 0) is 45.6 Å². The van der Waals surface area contributed by atoms with Crippen molar-refractivity contribution in [2.24, 2.45) is 0 Å². The van der Waals surface area contributed by atoms with E-state index < -0.39 is 0 Å². The first kappa shape index (κ1) is 17.5. The van der Waals surface area contributed by atoms with Crippen LogP contribution in [0.4, 0.5) is 0 Å². The van der Waals surface area contributed by atoms with Crippen LogP contribution in [0.1, 0.15) is 51.1 Å². The van der Waals surface area contributed by atoms with E-state index >= 15 is 0 Å². The normalized spacial score (nSPS) is 27.4. The van der Waals surface area contributed by atoms with Gasteiger partial charge in [0.25, 0.3) is 5.91 Å². The van der Waals surface area contributed by atoms with Crippen molar-refractivity contribution in [1.82, 2.24) is 19.7 Å². The summed E-state index contributed by atoms with van der Waals surface area (Å²) in [6.45, 7) is 4.19. The molecule has 0 spiro atoms. The van der Waals surface area contributed by atoms with Gasteiger partial charge in [0.15, 0.2) is 18.1 Å². The second-order valence-corrected chi connectivity index (χ2v) is 8.76. The number of carbonyl (C=O) groups excluding carboxylic acids is 1. The zero-order chi connectivity index (χ0) is 19.3. The standard InChI is InChI=1S/C21H26N4O3/c1-21(2)10-14-4-3-5-18(20(14)28-21)27-11-19(26)25-15-6-7-16(25)9-17(8-15)24-13-22-12-23-24/h3-5,12-13,15-17H,6-11H2,1-2H3. The minimum Gasteiger partial charge on any atom is -0.483 e. The quantitative estimate of drug-likeness (QED) is 0.813. The monoisotopic (exact) mass is 382 g/mol. The fourth-order valence-corrected chi connectivity index (χ4v) is 5.09. The molecule has 3 aliphatic heterocycles. The van der Waals surface area contributed by atoms with Gasteiger partial charge in [-0.25, -0.2) is 9.67 Å². The largest absolute Gasteiger partial charge is 0.483 e. The molecule has 2 atom stereocenters. The fraction of sp³-hybridized carbons (Fsp3) is 0.571. The molecule has 148 valence electrons. The Morgan fingerprint density at radius 3 is 2.75 bits per heavy atom. The molecule has 1 aromatic heterocycles. The van der Waals surface area contributed by atoms with E-state index in [4.69, 9.17) is 9.47 Å². The molecule has 1 amide bonds. The van der Waals surface area contributed by atoms with Crippen LogP contribution in [0, 0.1) is 0 Å². The van der Waals surface area contributed by atoms with Crippen LogP contribution in [0.15, 0.2) is 30.9 Å². The van der Waals surface area contributed by atoms with Gasteiger partial charge in [-0.3, -0.25) is 4.79 Å². The van der Waals surface area contributed by atoms with Crippen LogP contribution in [0.25, 0.3) is 0 Å². The van der Waals surface area contributed by atoms with Crippen LogP contribution in [-0.4, -0.2) is 49.9 Å². The number of hydrogen-bond acceptors (Lipinski definition) is 5. The SMILES string of the molecule is CC1(C)Cc2cccc(OCC(=O)N3C4CCC3CC(n3cncn3)C4)c2O1. The lowest BCUT2D eigenvalue weighted by Crippen LogP contribution is -2.48. The van der Waals surface area contributed by atoms with Crippen molar-refractivity contribution in [2.75, 3.05) is 6.61 Å². The maximum Gasteiger partial charge on any atom is 0.261 e. The van der Waals surface area contributed by atoms with Crippen molar-refractivity contribution in [1.29, 1.82) is 0 Å². The minimum absolute atomic E-state index is 0.0568. The molecule has 0 saturated carbocycles. The van der Waals surface area contributed by atoms with Gasteiger partial charge in [-0.15, -0.1) is 0 Å². The Morgan fingerprint density at radius 2 is 2.04 bits per heavy atom. The summed E-state index contributed by atoms with van der Waals surface area (Å²) >= 11 is 0. The number of fused-ring (bicyclic) bond motifs is 3. The molecule has 0 radical (unpaired) electrons. The average molecular weight is 382 g/mol. The molecule has 0 N–H and O–H groups in total. The van der Waals surface area contributed by atoms with E-state index in [1.165, 1.54) is 0 Å². The Labute approximate surface area is 164 Å². The number of aromatic nitrogens is 3. The zero-order valence-electron chi connectivity index (χ0n) is 16.4. The second kappa shape index (κ2) is 6.50. The van der Waals surface area contributed by atoms with Gasteiger partial charge >= 0.3 is 0 Å². The highest BCUT2D eigenvalue weighted by Gasteiger charge is 2.44. The van der Waals surface area contributed by atoms with Gasteiger partial charge in [-0.2, -0.15) is 5.10 Å². The van der Waals surface area contributed by atoms with Gasteiger partial charge < -0.3 is 14.4 Å². The maximum absolute atomic E-state index is 13.0. The molecule has 7 heteroatoms. The summed E-state index contributed by atoms with van der Waals surface area (Å²) in [4.78, 5) is 19.1. The van der Waals surface area contributed by atoms with Crippen LogP contribution in [-0.2, 0) is 11.2 Å². The summed E-state index contributed by atoms with van der Waals surface area (Å²) in [5.41, 5.74) is 0.914. The van der Waals surface area contributed by atoms with Crippen LogP contribution >= 0.6 is 0 Å². The fourth-order valence-electron chi connectivity index (χ4n) is 5.09. The number of benzene rings is 1. The van der Waals surface area contributed by atoms with Gasteiger partial charge in [0.2, 0.25) is 0 Å². The van der Waals surface area contributed by atoms with Crippen LogP contribution in [0.2, 0.25) is 0 Å². The first-order chi connectivity index (χ1) is 13.5. The topological polar surface area (TPSA) is 69.5 Å². The Kier molecular flexibility index (Phi) is 4.07. The van der Waals surface area contributed by atoms with E-state index in [2.05, 4.69) is 34.9 Å². The van der Waals surface area contributed by atoms with E-state index in [-0.39, 0.29) is 30.2 Å². The molecule has 2 bridgehead atoms. The Hall–Kier alpha value is -2.57.